The Hall–Kier alpha value is -1.48. The van der Waals surface area contributed by atoms with Crippen LogP contribution in [0.5, 0.6) is 0 Å². The molecule has 1 heterocycles. The third-order valence-corrected chi connectivity index (χ3v) is 3.21. The van der Waals surface area contributed by atoms with Gasteiger partial charge in [-0.2, -0.15) is 0 Å². The quantitative estimate of drug-likeness (QED) is 0.882. The first-order valence-corrected chi connectivity index (χ1v) is 6.04. The number of para-hydroxylation sites is 2. The minimum atomic E-state index is -0.357. The van der Waals surface area contributed by atoms with Crippen molar-refractivity contribution in [1.29, 1.82) is 0 Å². The highest BCUT2D eigenvalue weighted by molar-refractivity contribution is 5.74. The van der Waals surface area contributed by atoms with Crippen molar-refractivity contribution in [2.45, 2.75) is 39.2 Å². The first-order valence-electron chi connectivity index (χ1n) is 6.04. The Morgan fingerprint density at radius 1 is 1.18 bits per heavy atom. The van der Waals surface area contributed by atoms with Gasteiger partial charge in [0.2, 0.25) is 0 Å². The summed E-state index contributed by atoms with van der Waals surface area (Å²) in [5, 5.41) is 9.91. The molecule has 0 amide bonds. The van der Waals surface area contributed by atoms with Crippen molar-refractivity contribution < 1.29 is 5.11 Å². The molecule has 2 rings (SSSR count). The van der Waals surface area contributed by atoms with Gasteiger partial charge in [0.05, 0.1) is 28.5 Å². The molecule has 1 aromatic heterocycles. The zero-order valence-corrected chi connectivity index (χ0v) is 10.5. The van der Waals surface area contributed by atoms with Crippen molar-refractivity contribution in [3.63, 3.8) is 0 Å². The average molecular weight is 230 g/mol. The Morgan fingerprint density at radius 2 is 1.76 bits per heavy atom. The van der Waals surface area contributed by atoms with E-state index in [2.05, 4.69) is 9.97 Å². The molecule has 17 heavy (non-hydrogen) atoms. The Morgan fingerprint density at radius 3 is 2.35 bits per heavy atom. The number of aromatic nitrogens is 2. The van der Waals surface area contributed by atoms with Crippen LogP contribution in [0, 0.1) is 6.92 Å². The molecule has 0 radical (unpaired) electrons. The molecule has 2 unspecified atom stereocenters. The second-order valence-corrected chi connectivity index (χ2v) is 4.45. The largest absolute Gasteiger partial charge is 0.392 e. The van der Waals surface area contributed by atoms with Gasteiger partial charge < -0.3 is 5.11 Å². The van der Waals surface area contributed by atoms with Gasteiger partial charge in [0.25, 0.3) is 0 Å². The lowest BCUT2D eigenvalue weighted by Crippen LogP contribution is -2.17. The molecule has 0 fully saturated rings. The second-order valence-electron chi connectivity index (χ2n) is 4.45. The lowest BCUT2D eigenvalue weighted by atomic mass is 9.97. The molecule has 2 aromatic rings. The molecule has 3 nitrogen and oxygen atoms in total. The molecule has 0 aliphatic heterocycles. The van der Waals surface area contributed by atoms with Crippen LogP contribution in [0.1, 0.15) is 37.6 Å². The minimum absolute atomic E-state index is 0.0251. The van der Waals surface area contributed by atoms with Gasteiger partial charge in [-0.3, -0.25) is 0 Å². The first-order chi connectivity index (χ1) is 8.13. The number of aliphatic hydroxyl groups is 1. The number of hydrogen-bond donors (Lipinski definition) is 1. The first kappa shape index (κ1) is 12.0. The highest BCUT2D eigenvalue weighted by Crippen LogP contribution is 2.23. The SMILES string of the molecule is CCC(O)C(C)c1nc2ccccc2nc1C. The molecule has 0 saturated carbocycles. The van der Waals surface area contributed by atoms with Crippen LogP contribution in [0.15, 0.2) is 24.3 Å². The molecule has 0 saturated heterocycles. The van der Waals surface area contributed by atoms with E-state index in [0.29, 0.717) is 0 Å². The molecule has 2 atom stereocenters. The van der Waals surface area contributed by atoms with E-state index in [-0.39, 0.29) is 12.0 Å². The Kier molecular flexibility index (Phi) is 3.38. The van der Waals surface area contributed by atoms with E-state index in [0.717, 1.165) is 28.8 Å². The summed E-state index contributed by atoms with van der Waals surface area (Å²) in [4.78, 5) is 9.16. The van der Waals surface area contributed by atoms with Gasteiger partial charge in [0.1, 0.15) is 0 Å². The zero-order chi connectivity index (χ0) is 12.4. The van der Waals surface area contributed by atoms with E-state index in [1.807, 2.05) is 45.0 Å². The van der Waals surface area contributed by atoms with Gasteiger partial charge in [-0.05, 0) is 25.5 Å². The van der Waals surface area contributed by atoms with Gasteiger partial charge in [0, 0.05) is 5.92 Å². The van der Waals surface area contributed by atoms with E-state index in [1.54, 1.807) is 0 Å². The van der Waals surface area contributed by atoms with Crippen LogP contribution < -0.4 is 0 Å². The summed E-state index contributed by atoms with van der Waals surface area (Å²) in [5.74, 6) is 0.0251. The van der Waals surface area contributed by atoms with E-state index >= 15 is 0 Å². The number of rotatable bonds is 3. The van der Waals surface area contributed by atoms with Crippen LogP contribution in [-0.4, -0.2) is 21.2 Å². The molecule has 1 aromatic carbocycles. The third-order valence-electron chi connectivity index (χ3n) is 3.21. The maximum Gasteiger partial charge on any atom is 0.0890 e. The van der Waals surface area contributed by atoms with Crippen molar-refractivity contribution in [2.75, 3.05) is 0 Å². The Bertz CT molecular complexity index is 525. The van der Waals surface area contributed by atoms with Gasteiger partial charge in [-0.1, -0.05) is 26.0 Å². The summed E-state index contributed by atoms with van der Waals surface area (Å²) in [6.45, 7) is 5.93. The lowest BCUT2D eigenvalue weighted by molar-refractivity contribution is 0.143. The van der Waals surface area contributed by atoms with Crippen LogP contribution in [0.25, 0.3) is 11.0 Å². The zero-order valence-electron chi connectivity index (χ0n) is 10.5. The van der Waals surface area contributed by atoms with Crippen molar-refractivity contribution in [2.24, 2.45) is 0 Å². The summed E-state index contributed by atoms with van der Waals surface area (Å²) in [6, 6.07) is 7.83. The number of benzene rings is 1. The number of fused-ring (bicyclic) bond motifs is 1. The highest BCUT2D eigenvalue weighted by Gasteiger charge is 2.19. The predicted molar refractivity (Wildman–Crippen MR) is 69.0 cm³/mol. The van der Waals surface area contributed by atoms with Crippen LogP contribution in [-0.2, 0) is 0 Å². The fraction of sp³-hybridized carbons (Fsp3) is 0.429. The molecule has 3 heteroatoms. The summed E-state index contributed by atoms with van der Waals surface area (Å²) in [5.41, 5.74) is 3.61. The van der Waals surface area contributed by atoms with Gasteiger partial charge in [-0.25, -0.2) is 9.97 Å². The smallest absolute Gasteiger partial charge is 0.0890 e. The normalized spacial score (nSPS) is 14.8. The van der Waals surface area contributed by atoms with E-state index in [1.165, 1.54) is 0 Å². The molecular weight excluding hydrogens is 212 g/mol. The van der Waals surface area contributed by atoms with Crippen molar-refractivity contribution >= 4 is 11.0 Å². The van der Waals surface area contributed by atoms with Crippen LogP contribution >= 0.6 is 0 Å². The van der Waals surface area contributed by atoms with Crippen molar-refractivity contribution in [3.8, 4) is 0 Å². The van der Waals surface area contributed by atoms with Crippen LogP contribution in [0.2, 0.25) is 0 Å². The average Bonchev–Trinajstić information content (AvgIpc) is 2.36. The van der Waals surface area contributed by atoms with Gasteiger partial charge >= 0.3 is 0 Å². The van der Waals surface area contributed by atoms with E-state index in [9.17, 15) is 5.11 Å². The van der Waals surface area contributed by atoms with Gasteiger partial charge in [-0.15, -0.1) is 0 Å². The van der Waals surface area contributed by atoms with E-state index < -0.39 is 0 Å². The summed E-state index contributed by atoms with van der Waals surface area (Å²) < 4.78 is 0. The van der Waals surface area contributed by atoms with Crippen LogP contribution in [0.3, 0.4) is 0 Å². The standard InChI is InChI=1S/C14H18N2O/c1-4-13(17)9(2)14-10(3)15-11-7-5-6-8-12(11)16-14/h5-9,13,17H,4H2,1-3H3. The molecular formula is C14H18N2O. The van der Waals surface area contributed by atoms with Gasteiger partial charge in [0.15, 0.2) is 0 Å². The molecule has 0 aliphatic carbocycles. The fourth-order valence-corrected chi connectivity index (χ4v) is 2.07. The molecule has 0 bridgehead atoms. The summed E-state index contributed by atoms with van der Waals surface area (Å²) in [7, 11) is 0. The van der Waals surface area contributed by atoms with Crippen LogP contribution in [0.4, 0.5) is 0 Å². The minimum Gasteiger partial charge on any atom is -0.392 e. The number of aliphatic hydroxyl groups excluding tert-OH is 1. The van der Waals surface area contributed by atoms with E-state index in [4.69, 9.17) is 0 Å². The number of nitrogens with zero attached hydrogens (tertiary/aromatic N) is 2. The maximum atomic E-state index is 9.91. The third kappa shape index (κ3) is 2.29. The highest BCUT2D eigenvalue weighted by atomic mass is 16.3. The number of hydrogen-bond acceptors (Lipinski definition) is 3. The lowest BCUT2D eigenvalue weighted by Gasteiger charge is -2.18. The molecule has 90 valence electrons. The summed E-state index contributed by atoms with van der Waals surface area (Å²) in [6.07, 6.45) is 0.374. The fourth-order valence-electron chi connectivity index (χ4n) is 2.07. The molecule has 1 N–H and O–H groups in total. The topological polar surface area (TPSA) is 46.0 Å². The molecule has 0 spiro atoms. The monoisotopic (exact) mass is 230 g/mol. The Labute approximate surface area is 102 Å². The second kappa shape index (κ2) is 4.80. The summed E-state index contributed by atoms with van der Waals surface area (Å²) >= 11 is 0. The maximum absolute atomic E-state index is 9.91. The molecule has 0 aliphatic rings. The Balaban J connectivity index is 2.50. The number of aryl methyl sites for hydroxylation is 1. The van der Waals surface area contributed by atoms with Crippen molar-refractivity contribution in [3.05, 3.63) is 35.7 Å². The predicted octanol–water partition coefficient (Wildman–Crippen LogP) is 2.81. The van der Waals surface area contributed by atoms with Crippen molar-refractivity contribution in [1.82, 2.24) is 9.97 Å².